The van der Waals surface area contributed by atoms with Crippen LogP contribution in [0.4, 0.5) is 8.78 Å². The van der Waals surface area contributed by atoms with Crippen molar-refractivity contribution < 1.29 is 28.2 Å². The fraction of sp³-hybridized carbons (Fsp3) is 0.308. The second kappa shape index (κ2) is 12.3. The fourth-order valence-electron chi connectivity index (χ4n) is 3.58. The van der Waals surface area contributed by atoms with E-state index in [0.717, 1.165) is 12.1 Å². The normalized spacial score (nSPS) is 11.7. The van der Waals surface area contributed by atoms with Crippen LogP contribution in [0.15, 0.2) is 45.7 Å². The van der Waals surface area contributed by atoms with Crippen molar-refractivity contribution in [2.45, 2.75) is 33.0 Å². The van der Waals surface area contributed by atoms with Crippen LogP contribution in [-0.2, 0) is 11.4 Å². The number of amides is 2. The summed E-state index contributed by atoms with van der Waals surface area (Å²) in [6.07, 6.45) is -1.19. The summed E-state index contributed by atoms with van der Waals surface area (Å²) in [4.78, 5) is 43.3. The second-order valence-corrected chi connectivity index (χ2v) is 9.53. The lowest BCUT2D eigenvalue weighted by molar-refractivity contribution is -0.137. The zero-order chi connectivity index (χ0) is 28.1. The molecule has 2 N–H and O–H groups in total. The van der Waals surface area contributed by atoms with Gasteiger partial charge in [-0.25, -0.2) is 8.78 Å². The van der Waals surface area contributed by atoms with Gasteiger partial charge >= 0.3 is 0 Å². The van der Waals surface area contributed by atoms with E-state index in [2.05, 4.69) is 26.2 Å². The summed E-state index contributed by atoms with van der Waals surface area (Å²) in [7, 11) is 3.05. The maximum atomic E-state index is 13.9. The number of carbonyl (C=O) groups excluding carboxylic acids is 2. The van der Waals surface area contributed by atoms with Gasteiger partial charge in [0.1, 0.15) is 34.6 Å². The van der Waals surface area contributed by atoms with Crippen LogP contribution in [0.5, 0.6) is 5.88 Å². The first-order valence-corrected chi connectivity index (χ1v) is 12.3. The predicted molar refractivity (Wildman–Crippen MR) is 139 cm³/mol. The van der Waals surface area contributed by atoms with Crippen LogP contribution in [0, 0.1) is 25.5 Å². The summed E-state index contributed by atoms with van der Waals surface area (Å²) >= 11 is 3.20. The number of aliphatic hydroxyl groups excluding tert-OH is 1. The van der Waals surface area contributed by atoms with E-state index < -0.39 is 35.1 Å². The van der Waals surface area contributed by atoms with E-state index in [1.165, 1.54) is 35.7 Å². The number of halogens is 3. The van der Waals surface area contributed by atoms with Crippen molar-refractivity contribution in [2.24, 2.45) is 0 Å². The molecule has 1 atom stereocenters. The van der Waals surface area contributed by atoms with E-state index in [9.17, 15) is 28.3 Å². The molecule has 0 aliphatic heterocycles. The molecule has 0 saturated heterocycles. The number of nitrogens with one attached hydrogen (secondary N) is 1. The van der Waals surface area contributed by atoms with Crippen molar-refractivity contribution in [1.82, 2.24) is 19.8 Å². The zero-order valence-corrected chi connectivity index (χ0v) is 22.8. The zero-order valence-electron chi connectivity index (χ0n) is 21.2. The minimum Gasteiger partial charge on any atom is -0.472 e. The van der Waals surface area contributed by atoms with Crippen LogP contribution in [0.25, 0.3) is 5.69 Å². The molecule has 202 valence electrons. The molecular weight excluding hydrogens is 566 g/mol. The highest BCUT2D eigenvalue weighted by Crippen LogP contribution is 2.24. The van der Waals surface area contributed by atoms with Crippen LogP contribution in [0.3, 0.4) is 0 Å². The molecule has 0 fully saturated rings. The van der Waals surface area contributed by atoms with Gasteiger partial charge in [0.05, 0.1) is 5.69 Å². The third-order valence-electron chi connectivity index (χ3n) is 5.69. The van der Waals surface area contributed by atoms with Crippen molar-refractivity contribution in [3.63, 3.8) is 0 Å². The van der Waals surface area contributed by atoms with Gasteiger partial charge < -0.3 is 20.1 Å². The van der Waals surface area contributed by atoms with Gasteiger partial charge in [-0.2, -0.15) is 4.98 Å². The summed E-state index contributed by atoms with van der Waals surface area (Å²) in [5.74, 6) is -2.22. The van der Waals surface area contributed by atoms with E-state index in [1.807, 2.05) is 0 Å². The van der Waals surface area contributed by atoms with Crippen molar-refractivity contribution in [3.05, 3.63) is 85.4 Å². The summed E-state index contributed by atoms with van der Waals surface area (Å²) in [5, 5.41) is 12.6. The Morgan fingerprint density at radius 1 is 1.18 bits per heavy atom. The smallest absolute Gasteiger partial charge is 0.276 e. The molecule has 3 rings (SSSR count). The molecule has 0 bridgehead atoms. The Morgan fingerprint density at radius 3 is 2.55 bits per heavy atom. The predicted octanol–water partition coefficient (Wildman–Crippen LogP) is 3.04. The lowest BCUT2D eigenvalue weighted by Crippen LogP contribution is -2.36. The van der Waals surface area contributed by atoms with E-state index in [-0.39, 0.29) is 46.9 Å². The number of aliphatic hydroxyl groups is 1. The molecule has 0 unspecified atom stereocenters. The first-order valence-electron chi connectivity index (χ1n) is 11.5. The number of rotatable bonds is 9. The van der Waals surface area contributed by atoms with E-state index in [1.54, 1.807) is 26.0 Å². The van der Waals surface area contributed by atoms with Crippen LogP contribution < -0.4 is 15.6 Å². The lowest BCUT2D eigenvalue weighted by atomic mass is 10.1. The molecule has 9 nitrogen and oxygen atoms in total. The molecule has 0 spiro atoms. The number of hydrogen-bond donors (Lipinski definition) is 2. The Balaban J connectivity index is 1.81. The number of ether oxygens (including phenoxy) is 1. The van der Waals surface area contributed by atoms with Crippen LogP contribution >= 0.6 is 15.9 Å². The molecule has 1 heterocycles. The topological polar surface area (TPSA) is 114 Å². The van der Waals surface area contributed by atoms with Crippen molar-refractivity contribution in [3.8, 4) is 11.6 Å². The van der Waals surface area contributed by atoms with Gasteiger partial charge in [-0.15, -0.1) is 0 Å². The highest BCUT2D eigenvalue weighted by Gasteiger charge is 2.20. The number of likely N-dealkylation sites (N-methyl/N-ethyl adjacent to an activating group) is 1. The standard InChI is InChI=1S/C26H27BrF2N4O5/c1-14-5-6-16(23(35)30-10-9-21(34)25(36)32(3)4)11-20(14)33-15(2)31-24(22(27)26(33)37)38-13-17-7-8-18(28)12-19(17)29/h5-8,11-12,21,34H,9-10,13H2,1-4H3,(H,30,35)/t21-/m0/s1. The number of hydrogen-bond acceptors (Lipinski definition) is 6. The monoisotopic (exact) mass is 592 g/mol. The van der Waals surface area contributed by atoms with Crippen LogP contribution in [0.1, 0.15) is 33.7 Å². The summed E-state index contributed by atoms with van der Waals surface area (Å²) in [6.45, 7) is 3.13. The average Bonchev–Trinajstić information content (AvgIpc) is 2.86. The Labute approximate surface area is 226 Å². The molecule has 2 amide bonds. The Kier molecular flexibility index (Phi) is 9.34. The maximum absolute atomic E-state index is 13.9. The number of nitrogens with zero attached hydrogens (tertiary/aromatic N) is 3. The largest absolute Gasteiger partial charge is 0.472 e. The van der Waals surface area contributed by atoms with Gasteiger partial charge in [-0.05, 0) is 66.0 Å². The van der Waals surface area contributed by atoms with Gasteiger partial charge in [0.2, 0.25) is 5.88 Å². The highest BCUT2D eigenvalue weighted by atomic mass is 79.9. The van der Waals surface area contributed by atoms with Crippen molar-refractivity contribution in [1.29, 1.82) is 0 Å². The molecule has 0 aliphatic rings. The minimum absolute atomic E-state index is 0.0144. The van der Waals surface area contributed by atoms with E-state index in [4.69, 9.17) is 4.74 Å². The van der Waals surface area contributed by atoms with Gasteiger partial charge in [0.15, 0.2) is 0 Å². The van der Waals surface area contributed by atoms with Gasteiger partial charge in [0.25, 0.3) is 17.4 Å². The van der Waals surface area contributed by atoms with Gasteiger partial charge in [0, 0.05) is 37.8 Å². The van der Waals surface area contributed by atoms with Gasteiger partial charge in [-0.3, -0.25) is 19.0 Å². The Morgan fingerprint density at radius 2 is 1.89 bits per heavy atom. The van der Waals surface area contributed by atoms with Crippen molar-refractivity contribution in [2.75, 3.05) is 20.6 Å². The summed E-state index contributed by atoms with van der Waals surface area (Å²) in [6, 6.07) is 7.88. The second-order valence-electron chi connectivity index (χ2n) is 8.74. The maximum Gasteiger partial charge on any atom is 0.276 e. The molecule has 38 heavy (non-hydrogen) atoms. The highest BCUT2D eigenvalue weighted by molar-refractivity contribution is 9.10. The third-order valence-corrected chi connectivity index (χ3v) is 6.36. The Bertz CT molecular complexity index is 1430. The first kappa shape index (κ1) is 28.9. The van der Waals surface area contributed by atoms with Crippen molar-refractivity contribution >= 4 is 27.7 Å². The summed E-state index contributed by atoms with van der Waals surface area (Å²) < 4.78 is 33.9. The van der Waals surface area contributed by atoms with Crippen LogP contribution in [-0.4, -0.2) is 58.1 Å². The molecule has 2 aromatic carbocycles. The Hall–Kier alpha value is -3.64. The molecule has 0 radical (unpaired) electrons. The number of aryl methyl sites for hydroxylation is 2. The molecule has 3 aromatic rings. The first-order chi connectivity index (χ1) is 17.9. The summed E-state index contributed by atoms with van der Waals surface area (Å²) in [5.41, 5.74) is 0.934. The average molecular weight is 593 g/mol. The number of aromatic nitrogens is 2. The van der Waals surface area contributed by atoms with E-state index >= 15 is 0 Å². The lowest BCUT2D eigenvalue weighted by Gasteiger charge is -2.17. The van der Waals surface area contributed by atoms with Gasteiger partial charge in [-0.1, -0.05) is 6.07 Å². The molecule has 1 aromatic heterocycles. The number of benzene rings is 2. The van der Waals surface area contributed by atoms with Crippen LogP contribution in [0.2, 0.25) is 0 Å². The third kappa shape index (κ3) is 6.62. The molecule has 0 aliphatic carbocycles. The quantitative estimate of drug-likeness (QED) is 0.395. The molecule has 0 saturated carbocycles. The molecule has 12 heteroatoms. The fourth-order valence-corrected chi connectivity index (χ4v) is 3.96. The minimum atomic E-state index is -1.23. The van der Waals surface area contributed by atoms with E-state index in [0.29, 0.717) is 11.3 Å². The molecular formula is C26H27BrF2N4O5. The SMILES string of the molecule is Cc1ccc(C(=O)NCC[C@H](O)C(=O)N(C)C)cc1-n1c(C)nc(OCc2ccc(F)cc2F)c(Br)c1=O. The number of carbonyl (C=O) groups is 2.